The fourth-order valence-corrected chi connectivity index (χ4v) is 3.98. The van der Waals surface area contributed by atoms with E-state index in [1.54, 1.807) is 35.6 Å². The summed E-state index contributed by atoms with van der Waals surface area (Å²) in [6, 6.07) is 12.6. The summed E-state index contributed by atoms with van der Waals surface area (Å²) in [5, 5.41) is 12.2. The Balaban J connectivity index is 1.61. The van der Waals surface area contributed by atoms with Crippen molar-refractivity contribution in [2.75, 3.05) is 6.54 Å². The van der Waals surface area contributed by atoms with Crippen molar-refractivity contribution in [2.24, 2.45) is 0 Å². The van der Waals surface area contributed by atoms with Crippen molar-refractivity contribution in [3.05, 3.63) is 86.2 Å². The van der Waals surface area contributed by atoms with E-state index in [0.717, 1.165) is 17.0 Å². The highest BCUT2D eigenvalue weighted by molar-refractivity contribution is 7.08. The zero-order valence-corrected chi connectivity index (χ0v) is 16.3. The summed E-state index contributed by atoms with van der Waals surface area (Å²) >= 11 is 1.59. The van der Waals surface area contributed by atoms with E-state index in [4.69, 9.17) is 4.42 Å². The number of para-hydroxylation sites is 1. The number of carbonyl (C=O) groups is 1. The number of thiophene rings is 1. The lowest BCUT2D eigenvalue weighted by Gasteiger charge is -2.19. The Labute approximate surface area is 165 Å². The number of amides is 1. The molecular weight excluding hydrogens is 374 g/mol. The van der Waals surface area contributed by atoms with Crippen LogP contribution in [0.4, 0.5) is 0 Å². The fourth-order valence-electron chi connectivity index (χ4n) is 3.28. The second kappa shape index (κ2) is 7.44. The number of rotatable bonds is 5. The van der Waals surface area contributed by atoms with Crippen molar-refractivity contribution in [3.63, 3.8) is 0 Å². The molecule has 1 atom stereocenters. The quantitative estimate of drug-likeness (QED) is 0.525. The third-order valence-electron chi connectivity index (χ3n) is 4.61. The molecule has 0 aliphatic heterocycles. The highest BCUT2D eigenvalue weighted by Crippen LogP contribution is 2.22. The predicted octanol–water partition coefficient (Wildman–Crippen LogP) is 3.69. The first-order valence-electron chi connectivity index (χ1n) is 8.89. The predicted molar refractivity (Wildman–Crippen MR) is 109 cm³/mol. The number of hydrogen-bond acceptors (Lipinski definition) is 5. The topological polar surface area (TPSA) is 77.1 Å². The summed E-state index contributed by atoms with van der Waals surface area (Å²) in [5.74, 6) is -0.457. The molecule has 0 spiro atoms. The SMILES string of the molecule is Cc1cc(C)n(C(CNC(=O)c2cc3ccccc3oc2=O)c2ccsc2)n1. The molecule has 7 heteroatoms. The Morgan fingerprint density at radius 2 is 2.07 bits per heavy atom. The number of hydrogen-bond donors (Lipinski definition) is 1. The number of benzene rings is 1. The molecule has 0 saturated carbocycles. The third-order valence-corrected chi connectivity index (χ3v) is 5.31. The molecule has 0 fully saturated rings. The minimum atomic E-state index is -0.644. The van der Waals surface area contributed by atoms with Gasteiger partial charge in [-0.15, -0.1) is 0 Å². The monoisotopic (exact) mass is 393 g/mol. The van der Waals surface area contributed by atoms with Gasteiger partial charge in [-0.2, -0.15) is 16.4 Å². The molecular formula is C21H19N3O3S. The van der Waals surface area contributed by atoms with Crippen LogP contribution in [0.2, 0.25) is 0 Å². The van der Waals surface area contributed by atoms with Gasteiger partial charge in [0.05, 0.1) is 11.7 Å². The summed E-state index contributed by atoms with van der Waals surface area (Å²) in [7, 11) is 0. The molecule has 0 bridgehead atoms. The molecule has 0 aliphatic carbocycles. The molecule has 1 N–H and O–H groups in total. The lowest BCUT2D eigenvalue weighted by molar-refractivity contribution is 0.0945. The van der Waals surface area contributed by atoms with Crippen molar-refractivity contribution in [3.8, 4) is 0 Å². The first kappa shape index (κ1) is 18.2. The van der Waals surface area contributed by atoms with Crippen LogP contribution in [0.15, 0.2) is 62.4 Å². The molecule has 3 aromatic heterocycles. The van der Waals surface area contributed by atoms with Crippen LogP contribution in [0.25, 0.3) is 11.0 Å². The molecule has 28 heavy (non-hydrogen) atoms. The third kappa shape index (κ3) is 3.48. The Kier molecular flexibility index (Phi) is 4.83. The molecule has 4 rings (SSSR count). The summed E-state index contributed by atoms with van der Waals surface area (Å²) in [4.78, 5) is 24.9. The van der Waals surface area contributed by atoms with Gasteiger partial charge < -0.3 is 9.73 Å². The van der Waals surface area contributed by atoms with Gasteiger partial charge in [0, 0.05) is 17.6 Å². The molecule has 6 nitrogen and oxygen atoms in total. The number of fused-ring (bicyclic) bond motifs is 1. The highest BCUT2D eigenvalue weighted by Gasteiger charge is 2.20. The lowest BCUT2D eigenvalue weighted by Crippen LogP contribution is -2.34. The van der Waals surface area contributed by atoms with Crippen molar-refractivity contribution in [1.82, 2.24) is 15.1 Å². The van der Waals surface area contributed by atoms with Gasteiger partial charge in [0.1, 0.15) is 11.1 Å². The summed E-state index contributed by atoms with van der Waals surface area (Å²) in [6.07, 6.45) is 0. The van der Waals surface area contributed by atoms with Crippen LogP contribution in [0.5, 0.6) is 0 Å². The number of nitrogens with one attached hydrogen (secondary N) is 1. The lowest BCUT2D eigenvalue weighted by atomic mass is 10.1. The van der Waals surface area contributed by atoms with E-state index in [-0.39, 0.29) is 11.6 Å². The van der Waals surface area contributed by atoms with Gasteiger partial charge in [0.25, 0.3) is 5.91 Å². The van der Waals surface area contributed by atoms with Crippen LogP contribution in [-0.2, 0) is 0 Å². The average molecular weight is 393 g/mol. The van der Waals surface area contributed by atoms with Crippen LogP contribution in [-0.4, -0.2) is 22.2 Å². The fraction of sp³-hybridized carbons (Fsp3) is 0.190. The Morgan fingerprint density at radius 3 is 2.79 bits per heavy atom. The molecule has 4 aromatic rings. The molecule has 0 saturated heterocycles. The van der Waals surface area contributed by atoms with Gasteiger partial charge >= 0.3 is 5.63 Å². The summed E-state index contributed by atoms with van der Waals surface area (Å²) < 4.78 is 7.17. The summed E-state index contributed by atoms with van der Waals surface area (Å²) in [5.41, 5.74) is 2.79. The number of nitrogens with zero attached hydrogens (tertiary/aromatic N) is 2. The maximum absolute atomic E-state index is 12.7. The Bertz CT molecular complexity index is 1190. The minimum absolute atomic E-state index is 0.00358. The maximum atomic E-state index is 12.7. The van der Waals surface area contributed by atoms with E-state index in [1.165, 1.54) is 0 Å². The van der Waals surface area contributed by atoms with E-state index in [9.17, 15) is 9.59 Å². The van der Waals surface area contributed by atoms with Crippen molar-refractivity contribution < 1.29 is 9.21 Å². The van der Waals surface area contributed by atoms with E-state index in [0.29, 0.717) is 17.5 Å². The van der Waals surface area contributed by atoms with Crippen molar-refractivity contribution >= 4 is 28.2 Å². The molecule has 1 aromatic carbocycles. The summed E-state index contributed by atoms with van der Waals surface area (Å²) in [6.45, 7) is 4.23. The first-order valence-corrected chi connectivity index (χ1v) is 9.83. The highest BCUT2D eigenvalue weighted by atomic mass is 32.1. The number of carbonyl (C=O) groups excluding carboxylic acids is 1. The van der Waals surface area contributed by atoms with Gasteiger partial charge in [0.15, 0.2) is 0 Å². The van der Waals surface area contributed by atoms with Crippen LogP contribution >= 0.6 is 11.3 Å². The van der Waals surface area contributed by atoms with E-state index in [2.05, 4.69) is 10.4 Å². The number of aryl methyl sites for hydroxylation is 2. The molecule has 0 radical (unpaired) electrons. The average Bonchev–Trinajstić information content (AvgIpc) is 3.31. The van der Waals surface area contributed by atoms with Crippen molar-refractivity contribution in [1.29, 1.82) is 0 Å². The second-order valence-corrected chi connectivity index (χ2v) is 7.42. The van der Waals surface area contributed by atoms with E-state index < -0.39 is 11.5 Å². The van der Waals surface area contributed by atoms with Gasteiger partial charge in [0.2, 0.25) is 0 Å². The zero-order valence-electron chi connectivity index (χ0n) is 15.5. The smallest absolute Gasteiger partial charge is 0.349 e. The van der Waals surface area contributed by atoms with Gasteiger partial charge in [-0.05, 0) is 54.4 Å². The number of aromatic nitrogens is 2. The molecule has 0 aliphatic rings. The van der Waals surface area contributed by atoms with Crippen LogP contribution < -0.4 is 10.9 Å². The van der Waals surface area contributed by atoms with Gasteiger partial charge in [-0.3, -0.25) is 9.48 Å². The van der Waals surface area contributed by atoms with Crippen LogP contribution in [0.1, 0.15) is 33.4 Å². The first-order chi connectivity index (χ1) is 13.5. The normalized spacial score (nSPS) is 12.2. The second-order valence-electron chi connectivity index (χ2n) is 6.64. The van der Waals surface area contributed by atoms with Gasteiger partial charge in [-0.1, -0.05) is 18.2 Å². The van der Waals surface area contributed by atoms with E-state index in [1.807, 2.05) is 47.5 Å². The standard InChI is InChI=1S/C21H19N3O3S/c1-13-9-14(2)24(23-13)18(16-7-8-28-12-16)11-22-20(25)17-10-15-5-3-4-6-19(15)27-21(17)26/h3-10,12,18H,11H2,1-2H3,(H,22,25). The maximum Gasteiger partial charge on any atom is 0.349 e. The van der Waals surface area contributed by atoms with Crippen LogP contribution in [0, 0.1) is 13.8 Å². The largest absolute Gasteiger partial charge is 0.422 e. The zero-order chi connectivity index (χ0) is 19.7. The molecule has 1 amide bonds. The molecule has 1 unspecified atom stereocenters. The van der Waals surface area contributed by atoms with Crippen molar-refractivity contribution in [2.45, 2.75) is 19.9 Å². The minimum Gasteiger partial charge on any atom is -0.422 e. The Morgan fingerprint density at radius 1 is 1.25 bits per heavy atom. The molecule has 3 heterocycles. The molecule has 142 valence electrons. The Hall–Kier alpha value is -3.19. The van der Waals surface area contributed by atoms with Gasteiger partial charge in [-0.25, -0.2) is 4.79 Å². The van der Waals surface area contributed by atoms with E-state index >= 15 is 0 Å². The van der Waals surface area contributed by atoms with Crippen LogP contribution in [0.3, 0.4) is 0 Å².